The first-order valence-electron chi connectivity index (χ1n) is 6.72. The summed E-state index contributed by atoms with van der Waals surface area (Å²) in [5.41, 5.74) is 0.422. The van der Waals surface area contributed by atoms with Crippen LogP contribution in [0.1, 0.15) is 59.3 Å². The molecule has 0 aromatic rings. The molecule has 0 aromatic heterocycles. The minimum atomic E-state index is -0.305. The molecule has 5 atom stereocenters. The van der Waals surface area contributed by atoms with Gasteiger partial charge < -0.3 is 5.11 Å². The van der Waals surface area contributed by atoms with Crippen LogP contribution in [-0.4, -0.2) is 10.7 Å². The first kappa shape index (κ1) is 10.1. The lowest BCUT2D eigenvalue weighted by Gasteiger charge is -2.44. The van der Waals surface area contributed by atoms with Crippen molar-refractivity contribution in [1.29, 1.82) is 0 Å². The standard InChI is InChI=1S/C14H24O/c1-4-5-7-14(15)11-9-12(2)10(11)6-8-13(12,14)3/h10-11,15H,4-9H2,1-3H3. The SMILES string of the molecule is CCCCC1(O)C2CC3(C)C2CCC31C. The molecule has 4 aliphatic rings. The van der Waals surface area contributed by atoms with Crippen LogP contribution in [0.3, 0.4) is 0 Å². The average Bonchev–Trinajstić information content (AvgIpc) is 2.52. The molecule has 0 aliphatic heterocycles. The first-order valence-corrected chi connectivity index (χ1v) is 6.72. The quantitative estimate of drug-likeness (QED) is 0.754. The van der Waals surface area contributed by atoms with Gasteiger partial charge in [-0.1, -0.05) is 33.6 Å². The highest BCUT2D eigenvalue weighted by molar-refractivity contribution is 5.30. The van der Waals surface area contributed by atoms with E-state index in [1.807, 2.05) is 0 Å². The molecule has 0 saturated heterocycles. The van der Waals surface area contributed by atoms with Crippen molar-refractivity contribution in [3.05, 3.63) is 0 Å². The Morgan fingerprint density at radius 1 is 1.27 bits per heavy atom. The normalized spacial score (nSPS) is 60.8. The van der Waals surface area contributed by atoms with Crippen LogP contribution in [0.5, 0.6) is 0 Å². The van der Waals surface area contributed by atoms with Gasteiger partial charge in [0.1, 0.15) is 0 Å². The van der Waals surface area contributed by atoms with Crippen LogP contribution in [0.2, 0.25) is 0 Å². The second kappa shape index (κ2) is 2.61. The highest BCUT2D eigenvalue weighted by Crippen LogP contribution is 2.83. The van der Waals surface area contributed by atoms with Crippen molar-refractivity contribution in [3.8, 4) is 0 Å². The number of rotatable bonds is 3. The van der Waals surface area contributed by atoms with E-state index in [2.05, 4.69) is 20.8 Å². The number of aliphatic hydroxyl groups is 1. The second-order valence-corrected chi connectivity index (χ2v) is 6.73. The molecule has 0 radical (unpaired) electrons. The Labute approximate surface area is 93.3 Å². The second-order valence-electron chi connectivity index (χ2n) is 6.73. The van der Waals surface area contributed by atoms with E-state index in [1.54, 1.807) is 0 Å². The Morgan fingerprint density at radius 3 is 2.53 bits per heavy atom. The smallest absolute Gasteiger partial charge is 0.0737 e. The predicted octanol–water partition coefficient (Wildman–Crippen LogP) is 3.36. The van der Waals surface area contributed by atoms with Gasteiger partial charge in [-0.05, 0) is 42.9 Å². The van der Waals surface area contributed by atoms with Gasteiger partial charge in [-0.2, -0.15) is 0 Å². The van der Waals surface area contributed by atoms with Gasteiger partial charge >= 0.3 is 0 Å². The Balaban J connectivity index is 1.94. The Hall–Kier alpha value is -0.0400. The number of hydrogen-bond donors (Lipinski definition) is 1. The van der Waals surface area contributed by atoms with Crippen molar-refractivity contribution < 1.29 is 5.11 Å². The van der Waals surface area contributed by atoms with Crippen LogP contribution >= 0.6 is 0 Å². The molecule has 1 heteroatoms. The third kappa shape index (κ3) is 0.800. The van der Waals surface area contributed by atoms with Crippen LogP contribution in [0, 0.1) is 22.7 Å². The summed E-state index contributed by atoms with van der Waals surface area (Å²) >= 11 is 0. The van der Waals surface area contributed by atoms with Crippen molar-refractivity contribution in [1.82, 2.24) is 0 Å². The van der Waals surface area contributed by atoms with Crippen LogP contribution < -0.4 is 0 Å². The molecular weight excluding hydrogens is 184 g/mol. The summed E-state index contributed by atoms with van der Waals surface area (Å²) in [7, 11) is 0. The highest BCUT2D eigenvalue weighted by atomic mass is 16.3. The van der Waals surface area contributed by atoms with Crippen molar-refractivity contribution in [2.75, 3.05) is 0 Å². The molecule has 0 spiro atoms. The van der Waals surface area contributed by atoms with E-state index in [9.17, 15) is 5.11 Å². The molecule has 4 bridgehead atoms. The monoisotopic (exact) mass is 208 g/mol. The fraction of sp³-hybridized carbons (Fsp3) is 1.00. The molecule has 0 amide bonds. The van der Waals surface area contributed by atoms with E-state index in [0.717, 1.165) is 12.3 Å². The van der Waals surface area contributed by atoms with Crippen molar-refractivity contribution in [2.45, 2.75) is 64.9 Å². The summed E-state index contributed by atoms with van der Waals surface area (Å²) in [5.74, 6) is 1.50. The summed E-state index contributed by atoms with van der Waals surface area (Å²) < 4.78 is 0. The molecule has 1 N–H and O–H groups in total. The van der Waals surface area contributed by atoms with Crippen molar-refractivity contribution in [3.63, 3.8) is 0 Å². The van der Waals surface area contributed by atoms with E-state index in [0.29, 0.717) is 11.3 Å². The fourth-order valence-corrected chi connectivity index (χ4v) is 5.45. The van der Waals surface area contributed by atoms with E-state index in [-0.39, 0.29) is 11.0 Å². The van der Waals surface area contributed by atoms with E-state index < -0.39 is 0 Å². The van der Waals surface area contributed by atoms with Crippen LogP contribution in [-0.2, 0) is 0 Å². The van der Waals surface area contributed by atoms with Crippen LogP contribution in [0.4, 0.5) is 0 Å². The molecular formula is C14H24O. The summed E-state index contributed by atoms with van der Waals surface area (Å²) in [6.45, 7) is 7.03. The summed E-state index contributed by atoms with van der Waals surface area (Å²) in [5, 5.41) is 11.0. The third-order valence-electron chi connectivity index (χ3n) is 6.64. The van der Waals surface area contributed by atoms with Gasteiger partial charge in [-0.25, -0.2) is 0 Å². The Bertz CT molecular complexity index is 300. The van der Waals surface area contributed by atoms with Gasteiger partial charge in [0.05, 0.1) is 5.60 Å². The zero-order chi connectivity index (χ0) is 10.9. The summed E-state index contributed by atoms with van der Waals surface area (Å²) in [6, 6.07) is 0. The maximum Gasteiger partial charge on any atom is 0.0737 e. The zero-order valence-corrected chi connectivity index (χ0v) is 10.3. The fourth-order valence-electron chi connectivity index (χ4n) is 5.45. The van der Waals surface area contributed by atoms with Crippen molar-refractivity contribution >= 4 is 0 Å². The lowest BCUT2D eigenvalue weighted by atomic mass is 9.60. The molecule has 1 nitrogen and oxygen atoms in total. The molecule has 0 heterocycles. The summed E-state index contributed by atoms with van der Waals surface area (Å²) in [4.78, 5) is 0. The predicted molar refractivity (Wildman–Crippen MR) is 61.5 cm³/mol. The lowest BCUT2D eigenvalue weighted by Crippen LogP contribution is -2.46. The number of hydrogen-bond acceptors (Lipinski definition) is 1. The highest BCUT2D eigenvalue weighted by Gasteiger charge is 2.81. The van der Waals surface area contributed by atoms with Gasteiger partial charge in [0.25, 0.3) is 0 Å². The van der Waals surface area contributed by atoms with Gasteiger partial charge in [0, 0.05) is 5.41 Å². The van der Waals surface area contributed by atoms with Gasteiger partial charge in [-0.15, -0.1) is 0 Å². The molecule has 4 aliphatic carbocycles. The largest absolute Gasteiger partial charge is 0.389 e. The van der Waals surface area contributed by atoms with E-state index in [4.69, 9.17) is 0 Å². The van der Waals surface area contributed by atoms with E-state index >= 15 is 0 Å². The van der Waals surface area contributed by atoms with Gasteiger partial charge in [0.15, 0.2) is 0 Å². The molecule has 15 heavy (non-hydrogen) atoms. The zero-order valence-electron chi connectivity index (χ0n) is 10.3. The molecule has 0 aromatic carbocycles. The minimum Gasteiger partial charge on any atom is -0.389 e. The molecule has 86 valence electrons. The number of unbranched alkanes of at least 4 members (excludes halogenated alkanes) is 1. The molecule has 4 fully saturated rings. The van der Waals surface area contributed by atoms with Crippen LogP contribution in [0.15, 0.2) is 0 Å². The average molecular weight is 208 g/mol. The van der Waals surface area contributed by atoms with E-state index in [1.165, 1.54) is 32.1 Å². The van der Waals surface area contributed by atoms with Gasteiger partial charge in [0.2, 0.25) is 0 Å². The summed E-state index contributed by atoms with van der Waals surface area (Å²) in [6.07, 6.45) is 7.42. The topological polar surface area (TPSA) is 20.2 Å². The third-order valence-corrected chi connectivity index (χ3v) is 6.64. The van der Waals surface area contributed by atoms with Crippen LogP contribution in [0.25, 0.3) is 0 Å². The lowest BCUT2D eigenvalue weighted by molar-refractivity contribution is -0.0924. The molecule has 4 rings (SSSR count). The van der Waals surface area contributed by atoms with Crippen molar-refractivity contribution in [2.24, 2.45) is 22.7 Å². The molecule has 4 saturated carbocycles. The molecule has 5 unspecified atom stereocenters. The minimum absolute atomic E-state index is 0.241. The first-order chi connectivity index (χ1) is 6.99. The van der Waals surface area contributed by atoms with Gasteiger partial charge in [-0.3, -0.25) is 0 Å². The maximum absolute atomic E-state index is 11.0. The Kier molecular flexibility index (Phi) is 1.77. The Morgan fingerprint density at radius 2 is 2.00 bits per heavy atom. The maximum atomic E-state index is 11.0.